The molecule has 3 rings (SSSR count). The number of nitrogens with one attached hydrogen (secondary N) is 1. The van der Waals surface area contributed by atoms with E-state index < -0.39 is 5.97 Å². The van der Waals surface area contributed by atoms with Crippen LogP contribution in [-0.2, 0) is 6.42 Å². The van der Waals surface area contributed by atoms with Gasteiger partial charge in [0, 0.05) is 11.9 Å². The molecule has 2 aromatic heterocycles. The molecule has 6 heteroatoms. The summed E-state index contributed by atoms with van der Waals surface area (Å²) in [4.78, 5) is 28.1. The Morgan fingerprint density at radius 2 is 1.92 bits per heavy atom. The molecule has 1 amide bonds. The van der Waals surface area contributed by atoms with E-state index in [9.17, 15) is 9.59 Å². The van der Waals surface area contributed by atoms with Crippen molar-refractivity contribution >= 4 is 23.2 Å². The van der Waals surface area contributed by atoms with Crippen LogP contribution in [0.5, 0.6) is 0 Å². The number of pyridine rings is 1. The molecule has 0 aliphatic rings. The molecule has 0 fully saturated rings. The van der Waals surface area contributed by atoms with Crippen molar-refractivity contribution in [2.45, 2.75) is 20.3 Å². The topological polar surface area (TPSA) is 83.7 Å². The Labute approximate surface area is 138 Å². The van der Waals surface area contributed by atoms with Crippen molar-refractivity contribution in [3.63, 3.8) is 0 Å². The van der Waals surface area contributed by atoms with Crippen LogP contribution >= 0.6 is 0 Å². The Bertz CT molecular complexity index is 927. The number of aromatic carboxylic acids is 1. The minimum atomic E-state index is -1.00. The van der Waals surface area contributed by atoms with Gasteiger partial charge in [-0.15, -0.1) is 0 Å². The van der Waals surface area contributed by atoms with Gasteiger partial charge in [0.05, 0.1) is 11.3 Å². The maximum Gasteiger partial charge on any atom is 0.335 e. The highest BCUT2D eigenvalue weighted by Crippen LogP contribution is 2.17. The molecule has 0 unspecified atom stereocenters. The van der Waals surface area contributed by atoms with E-state index in [2.05, 4.69) is 10.3 Å². The minimum Gasteiger partial charge on any atom is -0.478 e. The highest BCUT2D eigenvalue weighted by atomic mass is 16.4. The van der Waals surface area contributed by atoms with Crippen LogP contribution in [0.4, 0.5) is 5.69 Å². The number of aromatic nitrogens is 2. The second-order valence-corrected chi connectivity index (χ2v) is 5.53. The van der Waals surface area contributed by atoms with Crippen LogP contribution in [0.1, 0.15) is 39.0 Å². The van der Waals surface area contributed by atoms with Crippen molar-refractivity contribution in [1.82, 2.24) is 9.38 Å². The first-order valence-corrected chi connectivity index (χ1v) is 7.62. The lowest BCUT2D eigenvalue weighted by atomic mass is 10.2. The molecule has 0 aliphatic heterocycles. The number of hydrogen-bond acceptors (Lipinski definition) is 3. The van der Waals surface area contributed by atoms with E-state index in [4.69, 9.17) is 5.11 Å². The van der Waals surface area contributed by atoms with E-state index in [1.54, 1.807) is 16.5 Å². The number of amides is 1. The average molecular weight is 323 g/mol. The van der Waals surface area contributed by atoms with Gasteiger partial charge in [-0.1, -0.05) is 6.92 Å². The summed E-state index contributed by atoms with van der Waals surface area (Å²) in [5, 5.41) is 11.7. The predicted molar refractivity (Wildman–Crippen MR) is 90.7 cm³/mol. The molecular formula is C18H17N3O3. The normalized spacial score (nSPS) is 10.8. The summed E-state index contributed by atoms with van der Waals surface area (Å²) in [5.41, 5.74) is 3.74. The van der Waals surface area contributed by atoms with Gasteiger partial charge in [0.25, 0.3) is 5.91 Å². The minimum absolute atomic E-state index is 0.174. The summed E-state index contributed by atoms with van der Waals surface area (Å²) in [5.74, 6) is -1.27. The number of fused-ring (bicyclic) bond motifs is 1. The quantitative estimate of drug-likeness (QED) is 0.772. The first-order chi connectivity index (χ1) is 11.5. The van der Waals surface area contributed by atoms with Crippen LogP contribution in [0.25, 0.3) is 5.65 Å². The van der Waals surface area contributed by atoms with Crippen molar-refractivity contribution in [2.24, 2.45) is 0 Å². The van der Waals surface area contributed by atoms with E-state index in [-0.39, 0.29) is 11.5 Å². The van der Waals surface area contributed by atoms with Crippen LogP contribution in [-0.4, -0.2) is 26.4 Å². The summed E-state index contributed by atoms with van der Waals surface area (Å²) in [6, 6.07) is 9.90. The predicted octanol–water partition coefficient (Wildman–Crippen LogP) is 3.16. The van der Waals surface area contributed by atoms with Gasteiger partial charge in [-0.05, 0) is 55.3 Å². The van der Waals surface area contributed by atoms with E-state index in [0.717, 1.165) is 16.9 Å². The standard InChI is InChI=1S/C18H17N3O3/c1-3-14-16(21-9-8-11(2)10-15(21)20-14)17(22)19-13-6-4-12(5-7-13)18(23)24/h4-10H,3H2,1-2H3,(H,19,22)(H,23,24). The van der Waals surface area contributed by atoms with Crippen LogP contribution < -0.4 is 5.32 Å². The smallest absolute Gasteiger partial charge is 0.335 e. The molecule has 2 N–H and O–H groups in total. The molecule has 0 spiro atoms. The van der Waals surface area contributed by atoms with Crippen molar-refractivity contribution in [1.29, 1.82) is 0 Å². The molecule has 3 aromatic rings. The lowest BCUT2D eigenvalue weighted by Crippen LogP contribution is -2.16. The molecule has 6 nitrogen and oxygen atoms in total. The zero-order chi connectivity index (χ0) is 17.3. The third-order valence-corrected chi connectivity index (χ3v) is 3.79. The Balaban J connectivity index is 1.94. The van der Waals surface area contributed by atoms with Crippen LogP contribution in [0.15, 0.2) is 42.6 Å². The molecule has 0 atom stereocenters. The molecule has 122 valence electrons. The summed E-state index contributed by atoms with van der Waals surface area (Å²) in [7, 11) is 0. The second-order valence-electron chi connectivity index (χ2n) is 5.53. The molecule has 0 saturated carbocycles. The number of hydrogen-bond donors (Lipinski definition) is 2. The van der Waals surface area contributed by atoms with Gasteiger partial charge in [-0.3, -0.25) is 9.20 Å². The molecular weight excluding hydrogens is 306 g/mol. The molecule has 0 bridgehead atoms. The fourth-order valence-electron chi connectivity index (χ4n) is 2.57. The van der Waals surface area contributed by atoms with Gasteiger partial charge in [-0.25, -0.2) is 9.78 Å². The molecule has 1 aromatic carbocycles. The maximum atomic E-state index is 12.7. The zero-order valence-corrected chi connectivity index (χ0v) is 13.4. The van der Waals surface area contributed by atoms with Gasteiger partial charge in [0.2, 0.25) is 0 Å². The lowest BCUT2D eigenvalue weighted by molar-refractivity contribution is 0.0696. The van der Waals surface area contributed by atoms with Crippen molar-refractivity contribution in [2.75, 3.05) is 5.32 Å². The number of carbonyl (C=O) groups is 2. The highest BCUT2D eigenvalue weighted by Gasteiger charge is 2.18. The monoisotopic (exact) mass is 323 g/mol. The number of nitrogens with zero attached hydrogens (tertiary/aromatic N) is 2. The van der Waals surface area contributed by atoms with Crippen LogP contribution in [0.2, 0.25) is 0 Å². The first kappa shape index (κ1) is 15.7. The summed E-state index contributed by atoms with van der Waals surface area (Å²) in [6.45, 7) is 3.93. The van der Waals surface area contributed by atoms with E-state index in [0.29, 0.717) is 17.8 Å². The summed E-state index contributed by atoms with van der Waals surface area (Å²) >= 11 is 0. The third-order valence-electron chi connectivity index (χ3n) is 3.79. The third kappa shape index (κ3) is 2.86. The van der Waals surface area contributed by atoms with Gasteiger partial charge in [-0.2, -0.15) is 0 Å². The Hall–Kier alpha value is -3.15. The largest absolute Gasteiger partial charge is 0.478 e. The number of carboxylic acids is 1. The summed E-state index contributed by atoms with van der Waals surface area (Å²) < 4.78 is 1.77. The number of anilines is 1. The maximum absolute atomic E-state index is 12.7. The number of carboxylic acid groups (broad SMARTS) is 1. The Morgan fingerprint density at radius 3 is 2.54 bits per heavy atom. The van der Waals surface area contributed by atoms with Crippen molar-refractivity contribution in [3.8, 4) is 0 Å². The van der Waals surface area contributed by atoms with E-state index in [1.807, 2.05) is 32.2 Å². The molecule has 0 radical (unpaired) electrons. The second kappa shape index (κ2) is 6.16. The van der Waals surface area contributed by atoms with Crippen molar-refractivity contribution < 1.29 is 14.7 Å². The number of imidazole rings is 1. The van der Waals surface area contributed by atoms with Gasteiger partial charge < -0.3 is 10.4 Å². The van der Waals surface area contributed by atoms with Gasteiger partial charge in [0.15, 0.2) is 0 Å². The van der Waals surface area contributed by atoms with Crippen LogP contribution in [0.3, 0.4) is 0 Å². The number of aryl methyl sites for hydroxylation is 2. The molecule has 0 aliphatic carbocycles. The number of benzene rings is 1. The molecule has 0 saturated heterocycles. The molecule has 24 heavy (non-hydrogen) atoms. The fourth-order valence-corrected chi connectivity index (χ4v) is 2.57. The fraction of sp³-hybridized carbons (Fsp3) is 0.167. The van der Waals surface area contributed by atoms with Crippen LogP contribution in [0, 0.1) is 6.92 Å². The Kier molecular flexibility index (Phi) is 4.04. The number of rotatable bonds is 4. The Morgan fingerprint density at radius 1 is 1.21 bits per heavy atom. The van der Waals surface area contributed by atoms with Crippen molar-refractivity contribution in [3.05, 3.63) is 65.1 Å². The van der Waals surface area contributed by atoms with Gasteiger partial charge >= 0.3 is 5.97 Å². The van der Waals surface area contributed by atoms with E-state index >= 15 is 0 Å². The highest BCUT2D eigenvalue weighted by molar-refractivity contribution is 6.04. The summed E-state index contributed by atoms with van der Waals surface area (Å²) in [6.07, 6.45) is 2.47. The van der Waals surface area contributed by atoms with E-state index in [1.165, 1.54) is 12.1 Å². The zero-order valence-electron chi connectivity index (χ0n) is 13.4. The molecule has 2 heterocycles. The lowest BCUT2D eigenvalue weighted by Gasteiger charge is -2.07. The first-order valence-electron chi connectivity index (χ1n) is 7.62. The SMILES string of the molecule is CCc1nc2cc(C)ccn2c1C(=O)Nc1ccc(C(=O)O)cc1. The number of carbonyl (C=O) groups excluding carboxylic acids is 1. The average Bonchev–Trinajstić information content (AvgIpc) is 2.92. The van der Waals surface area contributed by atoms with Gasteiger partial charge in [0.1, 0.15) is 11.3 Å².